The maximum atomic E-state index is 13.0. The predicted octanol–water partition coefficient (Wildman–Crippen LogP) is 0.492. The number of hydrogen-bond donors (Lipinski definition) is 3. The Bertz CT molecular complexity index is 341. The first kappa shape index (κ1) is 9.47. The van der Waals surface area contributed by atoms with Crippen LogP contribution in [0.1, 0.15) is 11.6 Å². The number of nitrogens with two attached hydrogens (primary N) is 2. The fourth-order valence-corrected chi connectivity index (χ4v) is 0.934. The van der Waals surface area contributed by atoms with Gasteiger partial charge >= 0.3 is 5.97 Å². The van der Waals surface area contributed by atoms with Gasteiger partial charge in [-0.2, -0.15) is 0 Å². The Morgan fingerprint density at radius 2 is 2.15 bits per heavy atom. The highest BCUT2D eigenvalue weighted by Gasteiger charge is 2.18. The van der Waals surface area contributed by atoms with E-state index in [9.17, 15) is 9.18 Å². The molecule has 0 fully saturated rings. The van der Waals surface area contributed by atoms with E-state index in [2.05, 4.69) is 0 Å². The van der Waals surface area contributed by atoms with Crippen LogP contribution in [0.5, 0.6) is 0 Å². The molecule has 0 aliphatic rings. The first-order valence-corrected chi connectivity index (χ1v) is 3.55. The minimum Gasteiger partial charge on any atom is -0.480 e. The third-order valence-corrected chi connectivity index (χ3v) is 1.62. The molecule has 0 amide bonds. The van der Waals surface area contributed by atoms with Gasteiger partial charge < -0.3 is 16.6 Å². The van der Waals surface area contributed by atoms with Gasteiger partial charge in [0.1, 0.15) is 11.9 Å². The first-order valence-electron chi connectivity index (χ1n) is 3.55. The van der Waals surface area contributed by atoms with Gasteiger partial charge in [-0.15, -0.1) is 0 Å². The van der Waals surface area contributed by atoms with Crippen LogP contribution in [0.2, 0.25) is 0 Å². The van der Waals surface area contributed by atoms with Crippen LogP contribution in [0.25, 0.3) is 0 Å². The Hall–Kier alpha value is -1.62. The Morgan fingerprint density at radius 1 is 1.54 bits per heavy atom. The van der Waals surface area contributed by atoms with Crippen molar-refractivity contribution in [2.24, 2.45) is 5.73 Å². The van der Waals surface area contributed by atoms with Crippen molar-refractivity contribution >= 4 is 11.7 Å². The highest BCUT2D eigenvalue weighted by atomic mass is 19.1. The zero-order chi connectivity index (χ0) is 10.0. The number of carboxylic acid groups (broad SMARTS) is 1. The average Bonchev–Trinajstić information content (AvgIpc) is 2.08. The molecule has 0 saturated heterocycles. The predicted molar refractivity (Wildman–Crippen MR) is 45.4 cm³/mol. The van der Waals surface area contributed by atoms with E-state index in [4.69, 9.17) is 16.6 Å². The smallest absolute Gasteiger partial charge is 0.325 e. The van der Waals surface area contributed by atoms with E-state index < -0.39 is 17.8 Å². The molecular weight excluding hydrogens is 175 g/mol. The van der Waals surface area contributed by atoms with Crippen molar-refractivity contribution in [2.75, 3.05) is 5.73 Å². The van der Waals surface area contributed by atoms with Crippen LogP contribution >= 0.6 is 0 Å². The highest BCUT2D eigenvalue weighted by molar-refractivity contribution is 5.75. The van der Waals surface area contributed by atoms with Gasteiger partial charge in [0.2, 0.25) is 0 Å². The van der Waals surface area contributed by atoms with Gasteiger partial charge in [-0.3, -0.25) is 4.79 Å². The topological polar surface area (TPSA) is 89.3 Å². The molecule has 0 radical (unpaired) electrons. The number of halogens is 1. The molecular formula is C8H9FN2O2. The molecule has 0 heterocycles. The molecule has 1 rings (SSSR count). The Kier molecular flexibility index (Phi) is 2.48. The van der Waals surface area contributed by atoms with E-state index in [0.717, 1.165) is 6.07 Å². The lowest BCUT2D eigenvalue weighted by Gasteiger charge is -2.08. The summed E-state index contributed by atoms with van der Waals surface area (Å²) in [4.78, 5) is 10.4. The summed E-state index contributed by atoms with van der Waals surface area (Å²) in [5.74, 6) is -1.95. The molecule has 1 atom stereocenters. The van der Waals surface area contributed by atoms with Crippen molar-refractivity contribution in [1.82, 2.24) is 0 Å². The molecule has 0 unspecified atom stereocenters. The SMILES string of the molecule is Nc1ccc(F)c([C@H](N)C(=O)O)c1. The summed E-state index contributed by atoms with van der Waals surface area (Å²) in [7, 11) is 0. The Labute approximate surface area is 74.0 Å². The monoisotopic (exact) mass is 184 g/mol. The van der Waals surface area contributed by atoms with Gasteiger partial charge in [-0.05, 0) is 18.2 Å². The zero-order valence-electron chi connectivity index (χ0n) is 6.70. The minimum atomic E-state index is -1.37. The number of nitrogen functional groups attached to an aromatic ring is 1. The van der Waals surface area contributed by atoms with E-state index in [-0.39, 0.29) is 11.3 Å². The van der Waals surface area contributed by atoms with Gasteiger partial charge in [0, 0.05) is 11.3 Å². The fraction of sp³-hybridized carbons (Fsp3) is 0.125. The molecule has 1 aromatic carbocycles. The van der Waals surface area contributed by atoms with E-state index in [0.29, 0.717) is 0 Å². The first-order chi connectivity index (χ1) is 6.02. The standard InChI is InChI=1S/C8H9FN2O2/c9-6-2-1-4(10)3-5(6)7(11)8(12)13/h1-3,7H,10-11H2,(H,12,13)/t7-/m0/s1. The van der Waals surface area contributed by atoms with Crippen molar-refractivity contribution in [3.8, 4) is 0 Å². The largest absolute Gasteiger partial charge is 0.480 e. The molecule has 5 N–H and O–H groups in total. The fourth-order valence-electron chi connectivity index (χ4n) is 0.934. The summed E-state index contributed by atoms with van der Waals surface area (Å²) < 4.78 is 13.0. The second kappa shape index (κ2) is 3.40. The molecule has 0 saturated carbocycles. The molecule has 5 heteroatoms. The molecule has 4 nitrogen and oxygen atoms in total. The van der Waals surface area contributed by atoms with Crippen LogP contribution in [0, 0.1) is 5.82 Å². The molecule has 0 spiro atoms. The van der Waals surface area contributed by atoms with Crippen LogP contribution in [0.15, 0.2) is 18.2 Å². The van der Waals surface area contributed by atoms with Crippen LogP contribution in [0.4, 0.5) is 10.1 Å². The molecule has 70 valence electrons. The highest BCUT2D eigenvalue weighted by Crippen LogP contribution is 2.18. The van der Waals surface area contributed by atoms with Gasteiger partial charge in [-0.25, -0.2) is 4.39 Å². The second-order valence-electron chi connectivity index (χ2n) is 2.60. The van der Waals surface area contributed by atoms with Crippen LogP contribution < -0.4 is 11.5 Å². The lowest BCUT2D eigenvalue weighted by atomic mass is 10.1. The summed E-state index contributed by atoms with van der Waals surface area (Å²) in [5, 5.41) is 8.52. The van der Waals surface area contributed by atoms with Crippen LogP contribution in [0.3, 0.4) is 0 Å². The summed E-state index contributed by atoms with van der Waals surface area (Å²) in [6.45, 7) is 0. The Balaban J connectivity index is 3.12. The third-order valence-electron chi connectivity index (χ3n) is 1.62. The lowest BCUT2D eigenvalue weighted by Crippen LogP contribution is -2.21. The Morgan fingerprint density at radius 3 is 2.69 bits per heavy atom. The summed E-state index contributed by atoms with van der Waals surface area (Å²) in [6.07, 6.45) is 0. The number of hydrogen-bond acceptors (Lipinski definition) is 3. The van der Waals surface area contributed by atoms with E-state index in [1.807, 2.05) is 0 Å². The van der Waals surface area contributed by atoms with E-state index >= 15 is 0 Å². The van der Waals surface area contributed by atoms with Gasteiger partial charge in [0.15, 0.2) is 0 Å². The average molecular weight is 184 g/mol. The van der Waals surface area contributed by atoms with Crippen molar-refractivity contribution in [3.05, 3.63) is 29.6 Å². The van der Waals surface area contributed by atoms with Crippen molar-refractivity contribution in [3.63, 3.8) is 0 Å². The van der Waals surface area contributed by atoms with E-state index in [1.165, 1.54) is 12.1 Å². The molecule has 0 aliphatic heterocycles. The molecule has 0 aliphatic carbocycles. The maximum Gasteiger partial charge on any atom is 0.325 e. The quantitative estimate of drug-likeness (QED) is 0.583. The number of rotatable bonds is 2. The van der Waals surface area contributed by atoms with Crippen LogP contribution in [-0.2, 0) is 4.79 Å². The number of anilines is 1. The molecule has 1 aromatic rings. The number of carbonyl (C=O) groups is 1. The maximum absolute atomic E-state index is 13.0. The summed E-state index contributed by atoms with van der Waals surface area (Å²) in [6, 6.07) is 2.28. The number of carboxylic acids is 1. The second-order valence-corrected chi connectivity index (χ2v) is 2.60. The molecule has 13 heavy (non-hydrogen) atoms. The van der Waals surface area contributed by atoms with Gasteiger partial charge in [0.25, 0.3) is 0 Å². The summed E-state index contributed by atoms with van der Waals surface area (Å²) in [5.41, 5.74) is 10.7. The zero-order valence-corrected chi connectivity index (χ0v) is 6.70. The number of aliphatic carboxylic acids is 1. The minimum absolute atomic E-state index is 0.104. The normalized spacial score (nSPS) is 12.5. The third kappa shape index (κ3) is 1.94. The lowest BCUT2D eigenvalue weighted by molar-refractivity contribution is -0.138. The van der Waals surface area contributed by atoms with E-state index in [1.54, 1.807) is 0 Å². The number of benzene rings is 1. The van der Waals surface area contributed by atoms with Crippen molar-refractivity contribution in [2.45, 2.75) is 6.04 Å². The summed E-state index contributed by atoms with van der Waals surface area (Å²) >= 11 is 0. The van der Waals surface area contributed by atoms with Gasteiger partial charge in [0.05, 0.1) is 0 Å². The van der Waals surface area contributed by atoms with Crippen molar-refractivity contribution < 1.29 is 14.3 Å². The van der Waals surface area contributed by atoms with Crippen molar-refractivity contribution in [1.29, 1.82) is 0 Å². The molecule has 0 bridgehead atoms. The molecule has 0 aromatic heterocycles. The van der Waals surface area contributed by atoms with Crippen LogP contribution in [-0.4, -0.2) is 11.1 Å². The van der Waals surface area contributed by atoms with Gasteiger partial charge in [-0.1, -0.05) is 0 Å².